The summed E-state index contributed by atoms with van der Waals surface area (Å²) in [5.74, 6) is 1.74. The first kappa shape index (κ1) is 39.2. The monoisotopic (exact) mass is 867 g/mol. The van der Waals surface area contributed by atoms with E-state index in [2.05, 4.69) is 240 Å². The van der Waals surface area contributed by atoms with Crippen molar-refractivity contribution in [2.45, 2.75) is 0 Å². The van der Waals surface area contributed by atoms with Gasteiger partial charge in [0.05, 0.1) is 27.8 Å². The van der Waals surface area contributed by atoms with E-state index in [0.717, 1.165) is 77.3 Å². The van der Waals surface area contributed by atoms with Crippen LogP contribution in [0.5, 0.6) is 0 Å². The van der Waals surface area contributed by atoms with E-state index in [1.807, 2.05) is 18.2 Å². The average Bonchev–Trinajstić information content (AvgIpc) is 3.95. The summed E-state index contributed by atoms with van der Waals surface area (Å²) < 4.78 is 4.72. The quantitative estimate of drug-likeness (QED) is 0.153. The summed E-state index contributed by atoms with van der Waals surface area (Å²) in [6.07, 6.45) is 0. The van der Waals surface area contributed by atoms with Gasteiger partial charge in [-0.3, -0.25) is 4.57 Å². The number of benzene rings is 10. The van der Waals surface area contributed by atoms with Crippen molar-refractivity contribution in [2.75, 3.05) is 0 Å². The van der Waals surface area contributed by atoms with Crippen molar-refractivity contribution in [2.24, 2.45) is 0 Å². The van der Waals surface area contributed by atoms with Gasteiger partial charge in [0, 0.05) is 38.2 Å². The molecule has 0 unspecified atom stereocenters. The topological polar surface area (TPSA) is 48.5 Å². The van der Waals surface area contributed by atoms with Gasteiger partial charge in [0.2, 0.25) is 5.95 Å². The minimum atomic E-state index is 0.547. The zero-order valence-electron chi connectivity index (χ0n) is 36.9. The van der Waals surface area contributed by atoms with Crippen LogP contribution < -0.4 is 0 Å². The molecule has 3 aromatic heterocycles. The van der Waals surface area contributed by atoms with Crippen LogP contribution in [-0.4, -0.2) is 24.1 Å². The van der Waals surface area contributed by atoms with E-state index < -0.39 is 0 Å². The van der Waals surface area contributed by atoms with Gasteiger partial charge >= 0.3 is 0 Å². The average molecular weight is 868 g/mol. The van der Waals surface area contributed by atoms with E-state index in [4.69, 9.17) is 15.0 Å². The molecular weight excluding hydrogens is 827 g/mol. The molecule has 0 saturated heterocycles. The fourth-order valence-electron chi connectivity index (χ4n) is 10.0. The van der Waals surface area contributed by atoms with Gasteiger partial charge in [-0.05, 0) is 69.3 Å². The molecule has 0 amide bonds. The zero-order chi connectivity index (χ0) is 45.0. The molecule has 0 aliphatic rings. The number of rotatable bonds is 8. The zero-order valence-corrected chi connectivity index (χ0v) is 36.9. The van der Waals surface area contributed by atoms with Gasteiger partial charge in [-0.2, -0.15) is 9.97 Å². The molecule has 3 heterocycles. The summed E-state index contributed by atoms with van der Waals surface area (Å²) in [6.45, 7) is 0. The molecule has 0 radical (unpaired) electrons. The Kier molecular flexibility index (Phi) is 9.43. The summed E-state index contributed by atoms with van der Waals surface area (Å²) in [4.78, 5) is 16.1. The Bertz CT molecular complexity index is 4000. The predicted octanol–water partition coefficient (Wildman–Crippen LogP) is 16.1. The molecule has 0 atom stereocenters. The smallest absolute Gasteiger partial charge is 0.238 e. The van der Waals surface area contributed by atoms with Gasteiger partial charge < -0.3 is 4.57 Å². The lowest BCUT2D eigenvalue weighted by Gasteiger charge is -2.16. The Hall–Kier alpha value is -9.19. The molecule has 0 spiro atoms. The maximum Gasteiger partial charge on any atom is 0.238 e. The lowest BCUT2D eigenvalue weighted by molar-refractivity contribution is 0.953. The van der Waals surface area contributed by atoms with Crippen molar-refractivity contribution in [1.29, 1.82) is 0 Å². The Morgan fingerprint density at radius 2 is 0.662 bits per heavy atom. The fourth-order valence-corrected chi connectivity index (χ4v) is 10.0. The highest BCUT2D eigenvalue weighted by atomic mass is 15.2. The van der Waals surface area contributed by atoms with Crippen LogP contribution in [-0.2, 0) is 0 Å². The molecule has 0 N–H and O–H groups in total. The van der Waals surface area contributed by atoms with E-state index in [9.17, 15) is 0 Å². The predicted molar refractivity (Wildman–Crippen MR) is 281 cm³/mol. The molecule has 5 heteroatoms. The first-order valence-corrected chi connectivity index (χ1v) is 23.0. The van der Waals surface area contributed by atoms with Crippen molar-refractivity contribution >= 4 is 43.6 Å². The molecule has 13 rings (SSSR count). The van der Waals surface area contributed by atoms with Gasteiger partial charge in [-0.15, -0.1) is 0 Å². The summed E-state index contributed by atoms with van der Waals surface area (Å²) in [5, 5.41) is 4.55. The number of fused-ring (bicyclic) bond motifs is 7. The number of nitrogens with zero attached hydrogens (tertiary/aromatic N) is 5. The highest BCUT2D eigenvalue weighted by Crippen LogP contribution is 2.43. The van der Waals surface area contributed by atoms with Gasteiger partial charge in [-0.1, -0.05) is 218 Å². The molecule has 0 fully saturated rings. The van der Waals surface area contributed by atoms with Crippen LogP contribution in [0.3, 0.4) is 0 Å². The Balaban J connectivity index is 1.06. The molecule has 13 aromatic rings. The van der Waals surface area contributed by atoms with Crippen molar-refractivity contribution < 1.29 is 0 Å². The van der Waals surface area contributed by atoms with Crippen LogP contribution in [0.4, 0.5) is 0 Å². The van der Waals surface area contributed by atoms with Crippen molar-refractivity contribution in [3.63, 3.8) is 0 Å². The normalized spacial score (nSPS) is 11.5. The highest BCUT2D eigenvalue weighted by Gasteiger charge is 2.24. The number of hydrogen-bond donors (Lipinski definition) is 0. The summed E-state index contributed by atoms with van der Waals surface area (Å²) in [6, 6.07) is 88.2. The molecule has 318 valence electrons. The second-order valence-corrected chi connectivity index (χ2v) is 17.2. The lowest BCUT2D eigenvalue weighted by atomic mass is 9.98. The second-order valence-electron chi connectivity index (χ2n) is 17.2. The van der Waals surface area contributed by atoms with Crippen LogP contribution in [0.2, 0.25) is 0 Å². The van der Waals surface area contributed by atoms with Gasteiger partial charge in [-0.25, -0.2) is 4.98 Å². The molecule has 0 saturated carbocycles. The van der Waals surface area contributed by atoms with E-state index in [1.54, 1.807) is 0 Å². The van der Waals surface area contributed by atoms with E-state index in [1.165, 1.54) is 27.6 Å². The second kappa shape index (κ2) is 16.4. The van der Waals surface area contributed by atoms with Gasteiger partial charge in [0.1, 0.15) is 0 Å². The minimum Gasteiger partial charge on any atom is -0.307 e. The third-order valence-electron chi connectivity index (χ3n) is 13.2. The molecule has 0 aliphatic carbocycles. The van der Waals surface area contributed by atoms with Crippen LogP contribution >= 0.6 is 0 Å². The highest BCUT2D eigenvalue weighted by molar-refractivity contribution is 6.24. The molecule has 5 nitrogen and oxygen atoms in total. The van der Waals surface area contributed by atoms with E-state index >= 15 is 0 Å². The Morgan fingerprint density at radius 1 is 0.250 bits per heavy atom. The maximum atomic E-state index is 5.46. The van der Waals surface area contributed by atoms with Crippen LogP contribution in [0.1, 0.15) is 0 Å². The molecule has 0 bridgehead atoms. The molecule has 10 aromatic carbocycles. The van der Waals surface area contributed by atoms with Crippen LogP contribution in [0.15, 0.2) is 249 Å². The maximum absolute atomic E-state index is 5.46. The molecule has 68 heavy (non-hydrogen) atoms. The fraction of sp³-hybridized carbons (Fsp3) is 0. The lowest BCUT2D eigenvalue weighted by Crippen LogP contribution is -2.07. The molecule has 0 aliphatic heterocycles. The van der Waals surface area contributed by atoms with Gasteiger partial charge in [0.25, 0.3) is 0 Å². The van der Waals surface area contributed by atoms with E-state index in [-0.39, 0.29) is 0 Å². The summed E-state index contributed by atoms with van der Waals surface area (Å²) >= 11 is 0. The summed E-state index contributed by atoms with van der Waals surface area (Å²) in [7, 11) is 0. The standard InChI is InChI=1S/C63H41N5/c1-4-18-42(19-5-1)44-34-36-45(37-35-44)51-28-10-13-31-56(51)67-57-32-14-11-29-52(57)54-38-39-55-53-30-12-15-33-58(53)68(60(55)59(54)67)63-65-61(46-22-8-3-9-23-46)64-62(66-63)50-27-17-26-49(41-50)48-25-16-24-47(40-48)43-20-6-2-7-21-43/h1-41H. The Labute approximate surface area is 393 Å². The summed E-state index contributed by atoms with van der Waals surface area (Å²) in [5.41, 5.74) is 16.4. The first-order chi connectivity index (χ1) is 33.7. The number of hydrogen-bond acceptors (Lipinski definition) is 3. The number of aromatic nitrogens is 5. The SMILES string of the molecule is c1ccc(-c2ccc(-c3ccccc3-n3c4ccccc4c4ccc5c6ccccc6n(-c6nc(-c7ccccc7)nc(-c7cccc(-c8cccc(-c9ccccc9)c8)c7)n6)c5c43)cc2)cc1. The third-order valence-corrected chi connectivity index (χ3v) is 13.2. The minimum absolute atomic E-state index is 0.547. The Morgan fingerprint density at radius 3 is 1.29 bits per heavy atom. The molecular formula is C63H41N5. The first-order valence-electron chi connectivity index (χ1n) is 23.0. The van der Waals surface area contributed by atoms with Crippen molar-refractivity contribution in [1.82, 2.24) is 24.1 Å². The van der Waals surface area contributed by atoms with Crippen LogP contribution in [0.25, 0.3) is 123 Å². The number of para-hydroxylation sites is 3. The largest absolute Gasteiger partial charge is 0.307 e. The van der Waals surface area contributed by atoms with Gasteiger partial charge in [0.15, 0.2) is 11.6 Å². The third kappa shape index (κ3) is 6.68. The van der Waals surface area contributed by atoms with Crippen molar-refractivity contribution in [3.05, 3.63) is 249 Å². The van der Waals surface area contributed by atoms with Crippen molar-refractivity contribution in [3.8, 4) is 78.9 Å². The van der Waals surface area contributed by atoms with Crippen LogP contribution in [0, 0.1) is 0 Å². The van der Waals surface area contributed by atoms with E-state index in [0.29, 0.717) is 17.6 Å².